The molecule has 0 spiro atoms. The number of aromatic nitrogens is 3. The fraction of sp³-hybridized carbons (Fsp3) is 0.385. The van der Waals surface area contributed by atoms with Crippen molar-refractivity contribution in [3.63, 3.8) is 0 Å². The first-order valence-corrected chi connectivity index (χ1v) is 13.3. The predicted molar refractivity (Wildman–Crippen MR) is 147 cm³/mol. The average molecular weight is 541 g/mol. The summed E-state index contributed by atoms with van der Waals surface area (Å²) in [5, 5.41) is 7.77. The monoisotopic (exact) mass is 540 g/mol. The van der Waals surface area contributed by atoms with E-state index in [1.54, 1.807) is 17.0 Å². The summed E-state index contributed by atoms with van der Waals surface area (Å²) in [6.07, 6.45) is 1.05. The number of carbonyl (C=O) groups is 2. The Morgan fingerprint density at radius 1 is 1.08 bits per heavy atom. The van der Waals surface area contributed by atoms with Gasteiger partial charge >= 0.3 is 6.09 Å². The number of ether oxygens (including phenoxy) is 1. The molecule has 0 unspecified atom stereocenters. The molecule has 194 valence electrons. The van der Waals surface area contributed by atoms with Gasteiger partial charge in [0, 0.05) is 36.8 Å². The van der Waals surface area contributed by atoms with Crippen molar-refractivity contribution >= 4 is 67.3 Å². The first kappa shape index (κ1) is 25.3. The van der Waals surface area contributed by atoms with Gasteiger partial charge < -0.3 is 24.8 Å². The van der Waals surface area contributed by atoms with E-state index < -0.39 is 5.60 Å². The highest BCUT2D eigenvalue weighted by molar-refractivity contribution is 7.22. The van der Waals surface area contributed by atoms with Crippen LogP contribution in [0.15, 0.2) is 36.4 Å². The molecule has 0 bridgehead atoms. The molecular formula is C26H29ClN6O3S. The normalized spacial score (nSPS) is 14.8. The number of anilines is 2. The minimum Gasteiger partial charge on any atom is -0.444 e. The van der Waals surface area contributed by atoms with Crippen molar-refractivity contribution < 1.29 is 14.3 Å². The lowest BCUT2D eigenvalue weighted by atomic mass is 10.0. The highest BCUT2D eigenvalue weighted by Gasteiger charge is 2.27. The maximum atomic E-state index is 13.0. The van der Waals surface area contributed by atoms with Gasteiger partial charge in [-0.05, 0) is 70.0 Å². The molecule has 0 atom stereocenters. The van der Waals surface area contributed by atoms with E-state index in [2.05, 4.69) is 15.6 Å². The number of nitrogens with zero attached hydrogens (tertiary/aromatic N) is 4. The maximum absolute atomic E-state index is 13.0. The molecule has 1 aliphatic heterocycles. The number of piperidine rings is 1. The Kier molecular flexibility index (Phi) is 6.72. The van der Waals surface area contributed by atoms with E-state index in [-0.39, 0.29) is 18.0 Å². The SMILES string of the molecule is Cn1c(Nc2nc3ccc(Cl)cc3s2)nc2cc(C(=O)NC3CCN(C(=O)OC(C)(C)C)CC3)ccc21. The van der Waals surface area contributed by atoms with Crippen molar-refractivity contribution in [3.8, 4) is 0 Å². The van der Waals surface area contributed by atoms with Crippen LogP contribution in [-0.2, 0) is 11.8 Å². The molecule has 2 aromatic carbocycles. The summed E-state index contributed by atoms with van der Waals surface area (Å²) in [5.74, 6) is 0.480. The van der Waals surface area contributed by atoms with Crippen LogP contribution in [0, 0.1) is 0 Å². The lowest BCUT2D eigenvalue weighted by molar-refractivity contribution is 0.0199. The Morgan fingerprint density at radius 2 is 1.84 bits per heavy atom. The molecule has 1 saturated heterocycles. The number of amides is 2. The highest BCUT2D eigenvalue weighted by atomic mass is 35.5. The van der Waals surface area contributed by atoms with Gasteiger partial charge in [-0.15, -0.1) is 0 Å². The van der Waals surface area contributed by atoms with Crippen LogP contribution in [0.4, 0.5) is 15.9 Å². The predicted octanol–water partition coefficient (Wildman–Crippen LogP) is 5.71. The van der Waals surface area contributed by atoms with Crippen LogP contribution >= 0.6 is 22.9 Å². The van der Waals surface area contributed by atoms with Crippen molar-refractivity contribution in [2.75, 3.05) is 18.4 Å². The number of imidazole rings is 1. The summed E-state index contributed by atoms with van der Waals surface area (Å²) >= 11 is 7.60. The second-order valence-electron chi connectivity index (χ2n) is 10.2. The smallest absolute Gasteiger partial charge is 0.410 e. The zero-order chi connectivity index (χ0) is 26.3. The Morgan fingerprint density at radius 3 is 2.57 bits per heavy atom. The van der Waals surface area contributed by atoms with Crippen LogP contribution in [0.2, 0.25) is 5.02 Å². The van der Waals surface area contributed by atoms with E-state index in [0.717, 1.165) is 15.7 Å². The summed E-state index contributed by atoms with van der Waals surface area (Å²) in [4.78, 5) is 36.3. The van der Waals surface area contributed by atoms with E-state index in [1.807, 2.05) is 56.7 Å². The number of fused-ring (bicyclic) bond motifs is 2. The molecule has 1 aliphatic rings. The van der Waals surface area contributed by atoms with Crippen LogP contribution in [0.25, 0.3) is 21.3 Å². The number of likely N-dealkylation sites (tertiary alicyclic amines) is 1. The van der Waals surface area contributed by atoms with E-state index in [9.17, 15) is 9.59 Å². The molecule has 0 radical (unpaired) electrons. The Bertz CT molecular complexity index is 1480. The van der Waals surface area contributed by atoms with E-state index in [4.69, 9.17) is 21.3 Å². The number of halogens is 1. The molecular weight excluding hydrogens is 512 g/mol. The quantitative estimate of drug-likeness (QED) is 0.344. The minimum absolute atomic E-state index is 0.00428. The largest absolute Gasteiger partial charge is 0.444 e. The number of aryl methyl sites for hydroxylation is 1. The Balaban J connectivity index is 1.24. The lowest BCUT2D eigenvalue weighted by Crippen LogP contribution is -2.47. The molecule has 5 rings (SSSR count). The van der Waals surface area contributed by atoms with Gasteiger partial charge in [-0.3, -0.25) is 4.79 Å². The topological polar surface area (TPSA) is 101 Å². The van der Waals surface area contributed by atoms with Crippen LogP contribution in [-0.4, -0.2) is 56.2 Å². The number of nitrogens with one attached hydrogen (secondary N) is 2. The van der Waals surface area contributed by atoms with Gasteiger partial charge in [-0.25, -0.2) is 14.8 Å². The van der Waals surface area contributed by atoms with E-state index in [0.29, 0.717) is 53.1 Å². The number of hydrogen-bond acceptors (Lipinski definition) is 7. The number of benzene rings is 2. The number of rotatable bonds is 4. The fourth-order valence-electron chi connectivity index (χ4n) is 4.30. The second-order valence-corrected chi connectivity index (χ2v) is 11.6. The second kappa shape index (κ2) is 9.83. The summed E-state index contributed by atoms with van der Waals surface area (Å²) in [6.45, 7) is 6.66. The third-order valence-corrected chi connectivity index (χ3v) is 7.36. The van der Waals surface area contributed by atoms with Crippen LogP contribution in [0.3, 0.4) is 0 Å². The third-order valence-electron chi connectivity index (χ3n) is 6.19. The van der Waals surface area contributed by atoms with Crippen molar-refractivity contribution in [3.05, 3.63) is 47.0 Å². The van der Waals surface area contributed by atoms with Crippen LogP contribution in [0.5, 0.6) is 0 Å². The summed E-state index contributed by atoms with van der Waals surface area (Å²) < 4.78 is 8.37. The average Bonchev–Trinajstić information content (AvgIpc) is 3.37. The molecule has 1 fully saturated rings. The van der Waals surface area contributed by atoms with Crippen molar-refractivity contribution in [1.82, 2.24) is 24.8 Å². The van der Waals surface area contributed by atoms with Gasteiger partial charge in [0.1, 0.15) is 5.60 Å². The first-order chi connectivity index (χ1) is 17.6. The van der Waals surface area contributed by atoms with Crippen molar-refractivity contribution in [1.29, 1.82) is 0 Å². The molecule has 0 aliphatic carbocycles. The highest BCUT2D eigenvalue weighted by Crippen LogP contribution is 2.31. The van der Waals surface area contributed by atoms with Crippen LogP contribution in [0.1, 0.15) is 44.0 Å². The zero-order valence-corrected chi connectivity index (χ0v) is 22.7. The Labute approximate surface area is 223 Å². The maximum Gasteiger partial charge on any atom is 0.410 e. The molecule has 0 saturated carbocycles. The van der Waals surface area contributed by atoms with E-state index >= 15 is 0 Å². The van der Waals surface area contributed by atoms with Crippen molar-refractivity contribution in [2.24, 2.45) is 7.05 Å². The fourth-order valence-corrected chi connectivity index (χ4v) is 5.44. The number of thiazole rings is 1. The van der Waals surface area contributed by atoms with Gasteiger partial charge in [-0.2, -0.15) is 0 Å². The molecule has 2 aromatic heterocycles. The summed E-state index contributed by atoms with van der Waals surface area (Å²) in [6, 6.07) is 11.1. The number of carbonyl (C=O) groups excluding carboxylic acids is 2. The molecule has 3 heterocycles. The standard InChI is InChI=1S/C26H29ClN6O3S/c1-26(2,3)36-25(35)33-11-9-17(10-12-33)28-22(34)15-5-8-20-19(13-15)29-23(32(20)4)31-24-30-18-7-6-16(27)14-21(18)37-24/h5-8,13-14,17H,9-12H2,1-4H3,(H,28,34)(H,29,30,31). The van der Waals surface area contributed by atoms with Gasteiger partial charge in [0.15, 0.2) is 5.13 Å². The van der Waals surface area contributed by atoms with Crippen LogP contribution < -0.4 is 10.6 Å². The van der Waals surface area contributed by atoms with Crippen molar-refractivity contribution in [2.45, 2.75) is 45.3 Å². The minimum atomic E-state index is -0.523. The van der Waals surface area contributed by atoms with Gasteiger partial charge in [0.25, 0.3) is 5.91 Å². The molecule has 37 heavy (non-hydrogen) atoms. The molecule has 11 heteroatoms. The number of hydrogen-bond donors (Lipinski definition) is 2. The molecule has 2 N–H and O–H groups in total. The Hall–Kier alpha value is -3.37. The van der Waals surface area contributed by atoms with Gasteiger partial charge in [0.05, 0.1) is 21.3 Å². The lowest BCUT2D eigenvalue weighted by Gasteiger charge is -2.33. The summed E-state index contributed by atoms with van der Waals surface area (Å²) in [7, 11) is 1.92. The summed E-state index contributed by atoms with van der Waals surface area (Å²) in [5.41, 5.74) is 2.49. The molecule has 9 nitrogen and oxygen atoms in total. The third kappa shape index (κ3) is 5.65. The first-order valence-electron chi connectivity index (χ1n) is 12.1. The molecule has 4 aromatic rings. The van der Waals surface area contributed by atoms with E-state index in [1.165, 1.54) is 11.3 Å². The zero-order valence-electron chi connectivity index (χ0n) is 21.2. The van der Waals surface area contributed by atoms with Gasteiger partial charge in [0.2, 0.25) is 5.95 Å². The molecule has 2 amide bonds. The van der Waals surface area contributed by atoms with Gasteiger partial charge in [-0.1, -0.05) is 22.9 Å².